The average molecular weight is 261 g/mol. The van der Waals surface area contributed by atoms with E-state index in [1.807, 2.05) is 24.3 Å². The van der Waals surface area contributed by atoms with Crippen LogP contribution in [0.15, 0.2) is 30.6 Å². The van der Waals surface area contributed by atoms with E-state index >= 15 is 0 Å². The fraction of sp³-hybridized carbons (Fsp3) is 0.286. The molecule has 0 spiro atoms. The normalized spacial score (nSPS) is 10.3. The number of hydrogen-bond acceptors (Lipinski definition) is 4. The van der Waals surface area contributed by atoms with Gasteiger partial charge in [-0.2, -0.15) is 0 Å². The lowest BCUT2D eigenvalue weighted by molar-refractivity contribution is 0.414. The molecule has 0 fully saturated rings. The fourth-order valence-corrected chi connectivity index (χ4v) is 1.70. The molecule has 0 saturated carbocycles. The number of hydrogen-bond donors (Lipinski definition) is 1. The van der Waals surface area contributed by atoms with Crippen molar-refractivity contribution in [3.8, 4) is 5.75 Å². The molecule has 0 aliphatic rings. The summed E-state index contributed by atoms with van der Waals surface area (Å²) >= 11 is 0. The van der Waals surface area contributed by atoms with Crippen molar-refractivity contribution in [3.63, 3.8) is 0 Å². The molecule has 4 nitrogen and oxygen atoms in total. The zero-order valence-corrected chi connectivity index (χ0v) is 11.0. The molecule has 2 rings (SSSR count). The predicted octanol–water partition coefficient (Wildman–Crippen LogP) is 2.59. The van der Waals surface area contributed by atoms with Crippen LogP contribution in [0.4, 0.5) is 10.2 Å². The number of nitrogens with zero attached hydrogens (tertiary/aromatic N) is 2. The van der Waals surface area contributed by atoms with Gasteiger partial charge < -0.3 is 10.1 Å². The molecular weight excluding hydrogens is 245 g/mol. The van der Waals surface area contributed by atoms with Gasteiger partial charge in [0, 0.05) is 6.54 Å². The lowest BCUT2D eigenvalue weighted by Crippen LogP contribution is -2.09. The smallest absolute Gasteiger partial charge is 0.186 e. The highest BCUT2D eigenvalue weighted by molar-refractivity contribution is 5.37. The van der Waals surface area contributed by atoms with Crippen LogP contribution >= 0.6 is 0 Å². The Morgan fingerprint density at radius 2 is 1.95 bits per heavy atom. The third-order valence-corrected chi connectivity index (χ3v) is 2.83. The highest BCUT2D eigenvalue weighted by atomic mass is 19.1. The maximum atomic E-state index is 13.6. The summed E-state index contributed by atoms with van der Waals surface area (Å²) in [4.78, 5) is 7.67. The molecule has 0 radical (unpaired) electrons. The lowest BCUT2D eigenvalue weighted by atomic mass is 10.1. The van der Waals surface area contributed by atoms with E-state index in [1.54, 1.807) is 14.0 Å². The Morgan fingerprint density at radius 3 is 2.63 bits per heavy atom. The first-order valence-electron chi connectivity index (χ1n) is 6.04. The quantitative estimate of drug-likeness (QED) is 0.898. The predicted molar refractivity (Wildman–Crippen MR) is 71.9 cm³/mol. The Kier molecular flexibility index (Phi) is 4.28. The summed E-state index contributed by atoms with van der Waals surface area (Å²) in [5.74, 6) is 0.687. The van der Waals surface area contributed by atoms with Crippen LogP contribution in [0.25, 0.3) is 0 Å². The number of halogens is 1. The van der Waals surface area contributed by atoms with Crippen LogP contribution in [0.2, 0.25) is 0 Å². The second-order valence-electron chi connectivity index (χ2n) is 4.15. The van der Waals surface area contributed by atoms with E-state index in [0.717, 1.165) is 17.7 Å². The first kappa shape index (κ1) is 13.3. The zero-order valence-electron chi connectivity index (χ0n) is 11.0. The van der Waals surface area contributed by atoms with Crippen LogP contribution in [0.3, 0.4) is 0 Å². The number of methoxy groups -OCH3 is 1. The average Bonchev–Trinajstić information content (AvgIpc) is 2.44. The van der Waals surface area contributed by atoms with E-state index in [2.05, 4.69) is 15.3 Å². The van der Waals surface area contributed by atoms with E-state index in [-0.39, 0.29) is 5.82 Å². The van der Waals surface area contributed by atoms with Crippen molar-refractivity contribution >= 4 is 5.82 Å². The summed E-state index contributed by atoms with van der Waals surface area (Å²) in [5.41, 5.74) is 1.50. The van der Waals surface area contributed by atoms with E-state index in [9.17, 15) is 4.39 Å². The zero-order chi connectivity index (χ0) is 13.7. The number of benzene rings is 1. The maximum absolute atomic E-state index is 13.6. The summed E-state index contributed by atoms with van der Waals surface area (Å²) in [6.07, 6.45) is 2.14. The van der Waals surface area contributed by atoms with Gasteiger partial charge in [0.2, 0.25) is 0 Å². The van der Waals surface area contributed by atoms with E-state index in [1.165, 1.54) is 6.33 Å². The van der Waals surface area contributed by atoms with Crippen LogP contribution in [-0.4, -0.2) is 23.6 Å². The Hall–Kier alpha value is -2.17. The van der Waals surface area contributed by atoms with Gasteiger partial charge in [0.1, 0.15) is 12.1 Å². The number of nitrogens with one attached hydrogen (secondary N) is 1. The lowest BCUT2D eigenvalue weighted by Gasteiger charge is -2.07. The topological polar surface area (TPSA) is 47.0 Å². The van der Waals surface area contributed by atoms with Gasteiger partial charge in [-0.25, -0.2) is 14.4 Å². The molecule has 0 amide bonds. The molecule has 5 heteroatoms. The van der Waals surface area contributed by atoms with Gasteiger partial charge in [-0.1, -0.05) is 12.1 Å². The van der Waals surface area contributed by atoms with Crippen molar-refractivity contribution in [3.05, 3.63) is 47.7 Å². The molecule has 1 heterocycles. The summed E-state index contributed by atoms with van der Waals surface area (Å²) in [6.45, 7) is 2.23. The SMILES string of the molecule is COc1ccc(CCNc2ncnc(C)c2F)cc1. The minimum Gasteiger partial charge on any atom is -0.497 e. The molecule has 0 saturated heterocycles. The van der Waals surface area contributed by atoms with Crippen molar-refractivity contribution in [1.29, 1.82) is 0 Å². The molecule has 100 valence electrons. The summed E-state index contributed by atoms with van der Waals surface area (Å²) in [5, 5.41) is 2.97. The largest absolute Gasteiger partial charge is 0.497 e. The molecule has 19 heavy (non-hydrogen) atoms. The van der Waals surface area contributed by atoms with Gasteiger partial charge in [-0.15, -0.1) is 0 Å². The second kappa shape index (κ2) is 6.13. The fourth-order valence-electron chi connectivity index (χ4n) is 1.70. The molecule has 0 aliphatic heterocycles. The minimum absolute atomic E-state index is 0.251. The molecule has 0 aliphatic carbocycles. The van der Waals surface area contributed by atoms with Crippen molar-refractivity contribution in [1.82, 2.24) is 9.97 Å². The van der Waals surface area contributed by atoms with Gasteiger partial charge >= 0.3 is 0 Å². The van der Waals surface area contributed by atoms with Gasteiger partial charge in [0.15, 0.2) is 11.6 Å². The number of ether oxygens (including phenoxy) is 1. The van der Waals surface area contributed by atoms with E-state index in [0.29, 0.717) is 12.2 Å². The van der Waals surface area contributed by atoms with E-state index < -0.39 is 5.82 Å². The molecule has 0 bridgehead atoms. The van der Waals surface area contributed by atoms with Crippen LogP contribution in [-0.2, 0) is 6.42 Å². The number of aromatic nitrogens is 2. The molecule has 2 aromatic rings. The Labute approximate surface area is 111 Å². The van der Waals surface area contributed by atoms with Gasteiger partial charge in [-0.3, -0.25) is 0 Å². The highest BCUT2D eigenvalue weighted by Gasteiger charge is 2.06. The van der Waals surface area contributed by atoms with Crippen molar-refractivity contribution in [2.75, 3.05) is 19.0 Å². The number of rotatable bonds is 5. The molecule has 0 unspecified atom stereocenters. The van der Waals surface area contributed by atoms with Crippen molar-refractivity contribution in [2.24, 2.45) is 0 Å². The number of aryl methyl sites for hydroxylation is 1. The molecule has 1 aromatic heterocycles. The summed E-state index contributed by atoms with van der Waals surface area (Å²) < 4.78 is 18.7. The summed E-state index contributed by atoms with van der Waals surface area (Å²) in [7, 11) is 1.64. The van der Waals surface area contributed by atoms with Crippen LogP contribution in [0.5, 0.6) is 5.75 Å². The monoisotopic (exact) mass is 261 g/mol. The van der Waals surface area contributed by atoms with Crippen molar-refractivity contribution in [2.45, 2.75) is 13.3 Å². The molecule has 1 aromatic carbocycles. The molecule has 1 N–H and O–H groups in total. The maximum Gasteiger partial charge on any atom is 0.186 e. The first-order chi connectivity index (χ1) is 9.20. The molecule has 0 atom stereocenters. The van der Waals surface area contributed by atoms with Gasteiger partial charge in [-0.05, 0) is 31.0 Å². The van der Waals surface area contributed by atoms with Gasteiger partial charge in [0.05, 0.1) is 12.8 Å². The van der Waals surface area contributed by atoms with Crippen LogP contribution < -0.4 is 10.1 Å². The van der Waals surface area contributed by atoms with Gasteiger partial charge in [0.25, 0.3) is 0 Å². The Bertz CT molecular complexity index is 543. The second-order valence-corrected chi connectivity index (χ2v) is 4.15. The highest BCUT2D eigenvalue weighted by Crippen LogP contribution is 2.13. The van der Waals surface area contributed by atoms with Crippen LogP contribution in [0.1, 0.15) is 11.3 Å². The first-order valence-corrected chi connectivity index (χ1v) is 6.04. The third kappa shape index (κ3) is 3.40. The Morgan fingerprint density at radius 1 is 1.21 bits per heavy atom. The van der Waals surface area contributed by atoms with E-state index in [4.69, 9.17) is 4.74 Å². The summed E-state index contributed by atoms with van der Waals surface area (Å²) in [6, 6.07) is 7.79. The van der Waals surface area contributed by atoms with Crippen molar-refractivity contribution < 1.29 is 9.13 Å². The van der Waals surface area contributed by atoms with Crippen LogP contribution in [0, 0.1) is 12.7 Å². The standard InChI is InChI=1S/C14H16FN3O/c1-10-13(15)14(18-9-17-10)16-8-7-11-3-5-12(19-2)6-4-11/h3-6,9H,7-8H2,1-2H3,(H,16,17,18). The molecular formula is C14H16FN3O. The third-order valence-electron chi connectivity index (χ3n) is 2.83. The number of anilines is 1. The minimum atomic E-state index is -0.391. The Balaban J connectivity index is 1.90.